The smallest absolute Gasteiger partial charge is 0.412 e. The standard InChI is InChI=1S/C41H48N4O9/c1-6-29-22-33(35(47)21-27-12-14-30(15-13-27)37(42)45-41(51)52-19-9-7-8-18-46)32(20-25(29)4)31-16-17-34(38(48)43-23-28-10-11-28)44-36(31)40(50)54-26(5)53-39(49)24(2)3/h6,12-17,20,22,24,26,28,46H,1,7-11,18-19,21,23H2,2-5H3,(H,43,48)(H2,42,45,51). The summed E-state index contributed by atoms with van der Waals surface area (Å²) in [5.74, 6) is -2.50. The Morgan fingerprint density at radius 1 is 0.981 bits per heavy atom. The largest absolute Gasteiger partial charge is 0.449 e. The lowest BCUT2D eigenvalue weighted by molar-refractivity contribution is -0.169. The topological polar surface area (TPSA) is 194 Å². The second-order valence-corrected chi connectivity index (χ2v) is 13.5. The van der Waals surface area contributed by atoms with Crippen LogP contribution in [0.25, 0.3) is 17.2 Å². The minimum atomic E-state index is -1.26. The molecule has 1 fully saturated rings. The van der Waals surface area contributed by atoms with Crippen LogP contribution in [-0.2, 0) is 25.4 Å². The third-order valence-corrected chi connectivity index (χ3v) is 8.68. The molecule has 286 valence electrons. The molecule has 4 N–H and O–H groups in total. The number of aryl methyl sites for hydroxylation is 1. The molecule has 2 amide bonds. The van der Waals surface area contributed by atoms with Crippen molar-refractivity contribution in [2.75, 3.05) is 19.8 Å². The first-order chi connectivity index (χ1) is 25.8. The highest BCUT2D eigenvalue weighted by Gasteiger charge is 2.27. The molecule has 1 unspecified atom stereocenters. The molecule has 1 aromatic heterocycles. The Morgan fingerprint density at radius 3 is 2.35 bits per heavy atom. The van der Waals surface area contributed by atoms with Crippen molar-refractivity contribution in [2.24, 2.45) is 11.8 Å². The highest BCUT2D eigenvalue weighted by Crippen LogP contribution is 2.32. The van der Waals surface area contributed by atoms with Gasteiger partial charge in [-0.3, -0.25) is 25.1 Å². The molecule has 1 heterocycles. The van der Waals surface area contributed by atoms with Gasteiger partial charge in [-0.05, 0) is 85.4 Å². The van der Waals surface area contributed by atoms with Crippen LogP contribution in [0, 0.1) is 24.2 Å². The van der Waals surface area contributed by atoms with Crippen LogP contribution in [0.4, 0.5) is 4.79 Å². The van der Waals surface area contributed by atoms with Crippen molar-refractivity contribution in [1.29, 1.82) is 5.41 Å². The van der Waals surface area contributed by atoms with Gasteiger partial charge in [0.25, 0.3) is 5.91 Å². The molecular weight excluding hydrogens is 692 g/mol. The number of amidine groups is 1. The number of benzene rings is 2. The maximum absolute atomic E-state index is 14.1. The number of aromatic nitrogens is 1. The molecule has 1 aliphatic carbocycles. The van der Waals surface area contributed by atoms with E-state index in [-0.39, 0.29) is 53.8 Å². The molecule has 4 rings (SSSR count). The number of amides is 2. The van der Waals surface area contributed by atoms with Crippen LogP contribution in [0.2, 0.25) is 0 Å². The molecule has 1 saturated carbocycles. The van der Waals surface area contributed by atoms with E-state index in [1.165, 1.54) is 13.0 Å². The summed E-state index contributed by atoms with van der Waals surface area (Å²) in [6.07, 6.45) is 3.54. The van der Waals surface area contributed by atoms with Crippen molar-refractivity contribution in [3.8, 4) is 11.1 Å². The van der Waals surface area contributed by atoms with Crippen LogP contribution in [0.1, 0.15) is 106 Å². The van der Waals surface area contributed by atoms with Crippen LogP contribution in [-0.4, -0.2) is 71.7 Å². The minimum absolute atomic E-state index is 0.0167. The molecule has 0 spiro atoms. The van der Waals surface area contributed by atoms with E-state index in [1.54, 1.807) is 62.4 Å². The van der Waals surface area contributed by atoms with Gasteiger partial charge in [0.1, 0.15) is 11.5 Å². The van der Waals surface area contributed by atoms with E-state index >= 15 is 0 Å². The first-order valence-corrected chi connectivity index (χ1v) is 18.0. The van der Waals surface area contributed by atoms with E-state index in [1.807, 2.05) is 6.92 Å². The van der Waals surface area contributed by atoms with Crippen molar-refractivity contribution < 1.29 is 43.3 Å². The number of pyridine rings is 1. The lowest BCUT2D eigenvalue weighted by Crippen LogP contribution is -2.31. The van der Waals surface area contributed by atoms with E-state index in [4.69, 9.17) is 24.7 Å². The van der Waals surface area contributed by atoms with Gasteiger partial charge < -0.3 is 24.6 Å². The zero-order valence-electron chi connectivity index (χ0n) is 31.2. The average Bonchev–Trinajstić information content (AvgIpc) is 3.98. The Kier molecular flexibility index (Phi) is 14.8. The zero-order chi connectivity index (χ0) is 39.4. The number of unbranched alkanes of at least 4 members (excludes halogenated alkanes) is 2. The predicted octanol–water partition coefficient (Wildman–Crippen LogP) is 6.18. The summed E-state index contributed by atoms with van der Waals surface area (Å²) in [7, 11) is 0. The van der Waals surface area contributed by atoms with Gasteiger partial charge in [-0.2, -0.15) is 0 Å². The van der Waals surface area contributed by atoms with Crippen molar-refractivity contribution in [1.82, 2.24) is 15.6 Å². The monoisotopic (exact) mass is 740 g/mol. The lowest BCUT2D eigenvalue weighted by atomic mass is 9.89. The molecule has 1 atom stereocenters. The number of aliphatic hydroxyl groups is 1. The van der Waals surface area contributed by atoms with Crippen LogP contribution in [0.3, 0.4) is 0 Å². The number of nitrogens with one attached hydrogen (secondary N) is 3. The van der Waals surface area contributed by atoms with Gasteiger partial charge in [-0.25, -0.2) is 14.6 Å². The number of hydrogen-bond donors (Lipinski definition) is 4. The molecule has 0 radical (unpaired) electrons. The number of carbonyl (C=O) groups is 5. The lowest BCUT2D eigenvalue weighted by Gasteiger charge is -2.18. The number of ketones is 1. The minimum Gasteiger partial charge on any atom is -0.449 e. The van der Waals surface area contributed by atoms with Gasteiger partial charge in [0.2, 0.25) is 6.29 Å². The number of carbonyl (C=O) groups excluding carboxylic acids is 5. The molecule has 0 bridgehead atoms. The van der Waals surface area contributed by atoms with E-state index in [0.29, 0.717) is 54.0 Å². The molecule has 0 saturated heterocycles. The van der Waals surface area contributed by atoms with Gasteiger partial charge in [0.15, 0.2) is 11.5 Å². The van der Waals surface area contributed by atoms with Crippen molar-refractivity contribution >= 4 is 41.6 Å². The molecule has 13 heteroatoms. The summed E-state index contributed by atoms with van der Waals surface area (Å²) in [4.78, 5) is 69.5. The molecule has 54 heavy (non-hydrogen) atoms. The fourth-order valence-corrected chi connectivity index (χ4v) is 5.37. The van der Waals surface area contributed by atoms with E-state index < -0.39 is 36.1 Å². The summed E-state index contributed by atoms with van der Waals surface area (Å²) < 4.78 is 15.8. The van der Waals surface area contributed by atoms with Gasteiger partial charge in [0.05, 0.1) is 12.5 Å². The number of esters is 2. The molecule has 2 aromatic carbocycles. The Hall–Kier alpha value is -5.69. The SMILES string of the molecule is C=Cc1cc(C(=O)Cc2ccc(C(=N)NC(=O)OCCCCCO)cc2)c(-c2ccc(C(=O)NCC3CC3)nc2C(=O)OC(C)OC(=O)C(C)C)cc1C. The van der Waals surface area contributed by atoms with Crippen LogP contribution < -0.4 is 10.6 Å². The average molecular weight is 741 g/mol. The maximum atomic E-state index is 14.1. The summed E-state index contributed by atoms with van der Waals surface area (Å²) in [6.45, 7) is 11.1. The molecule has 3 aromatic rings. The number of nitrogens with zero attached hydrogens (tertiary/aromatic N) is 1. The number of hydrogen-bond acceptors (Lipinski definition) is 11. The Labute approximate surface area is 315 Å². The number of alkyl carbamates (subject to hydrolysis) is 1. The quantitative estimate of drug-likeness (QED) is 0.0292. The molecule has 13 nitrogen and oxygen atoms in total. The second kappa shape index (κ2) is 19.4. The summed E-state index contributed by atoms with van der Waals surface area (Å²) >= 11 is 0. The Balaban J connectivity index is 1.61. The third kappa shape index (κ3) is 11.7. The molecule has 1 aliphatic rings. The molecule has 0 aliphatic heterocycles. The normalized spacial score (nSPS) is 12.7. The second-order valence-electron chi connectivity index (χ2n) is 13.5. The summed E-state index contributed by atoms with van der Waals surface area (Å²) in [5.41, 5.74) is 3.09. The van der Waals surface area contributed by atoms with Gasteiger partial charge >= 0.3 is 18.0 Å². The van der Waals surface area contributed by atoms with Crippen LogP contribution >= 0.6 is 0 Å². The zero-order valence-corrected chi connectivity index (χ0v) is 31.2. The first-order valence-electron chi connectivity index (χ1n) is 18.0. The van der Waals surface area contributed by atoms with Crippen molar-refractivity contribution in [3.63, 3.8) is 0 Å². The molecular formula is C41H48N4O9. The van der Waals surface area contributed by atoms with Gasteiger partial charge in [0, 0.05) is 43.2 Å². The van der Waals surface area contributed by atoms with Gasteiger partial charge in [-0.15, -0.1) is 0 Å². The Morgan fingerprint density at radius 2 is 1.70 bits per heavy atom. The van der Waals surface area contributed by atoms with Crippen molar-refractivity contribution in [3.05, 3.63) is 94.3 Å². The maximum Gasteiger partial charge on any atom is 0.412 e. The first kappa shape index (κ1) is 41.1. The van der Waals surface area contributed by atoms with Crippen molar-refractivity contribution in [2.45, 2.75) is 72.5 Å². The van der Waals surface area contributed by atoms with E-state index in [9.17, 15) is 24.0 Å². The van der Waals surface area contributed by atoms with E-state index in [0.717, 1.165) is 18.4 Å². The highest BCUT2D eigenvalue weighted by molar-refractivity contribution is 6.08. The number of Topliss-reactive ketones (excluding diaryl/α,β-unsaturated/α-hetero) is 1. The predicted molar refractivity (Wildman–Crippen MR) is 202 cm³/mol. The Bertz CT molecular complexity index is 1880. The number of aliphatic hydroxyl groups excluding tert-OH is 1. The van der Waals surface area contributed by atoms with Gasteiger partial charge in [-0.1, -0.05) is 56.8 Å². The van der Waals surface area contributed by atoms with Crippen LogP contribution in [0.5, 0.6) is 0 Å². The summed E-state index contributed by atoms with van der Waals surface area (Å²) in [5, 5.41) is 22.4. The fourth-order valence-electron chi connectivity index (χ4n) is 5.37. The number of rotatable bonds is 18. The fraction of sp³-hybridized carbons (Fsp3) is 0.390. The summed E-state index contributed by atoms with van der Waals surface area (Å²) in [6, 6.07) is 13.0. The van der Waals surface area contributed by atoms with E-state index in [2.05, 4.69) is 22.2 Å². The number of ether oxygens (including phenoxy) is 3. The highest BCUT2D eigenvalue weighted by atomic mass is 16.7. The van der Waals surface area contributed by atoms with Crippen LogP contribution in [0.15, 0.2) is 55.1 Å². The third-order valence-electron chi connectivity index (χ3n) is 8.68.